The van der Waals surface area contributed by atoms with E-state index in [1.807, 2.05) is 31.3 Å². The Morgan fingerprint density at radius 1 is 1.30 bits per heavy atom. The van der Waals surface area contributed by atoms with Gasteiger partial charge in [-0.1, -0.05) is 18.6 Å². The molecule has 0 aromatic heterocycles. The molecule has 0 radical (unpaired) electrons. The van der Waals surface area contributed by atoms with Crippen molar-refractivity contribution < 1.29 is 26.0 Å². The molecule has 1 N–H and O–H groups in total. The standard InChI is InChI=1S/C15H19NO.2ClH.Zr/c1-10-3-2-4-13(15(10)17)9-16-14-8-11-5-6-12(14)7-11;;;/h2-4,9,11-12,14,17H,5-8H2,1H3;2*1H;/q;;;+2/p-2. The van der Waals surface area contributed by atoms with E-state index in [9.17, 15) is 5.11 Å². The topological polar surface area (TPSA) is 32.6 Å². The molecule has 3 atom stereocenters. The SMILES string of the molecule is Cc1cccc(C=NC2CC3CCC2C3)c1O.[Cl][Zr][Cl]. The van der Waals surface area contributed by atoms with Crippen molar-refractivity contribution in [3.05, 3.63) is 29.3 Å². The molecule has 2 aliphatic rings. The van der Waals surface area contributed by atoms with Gasteiger partial charge in [-0.05, 0) is 49.7 Å². The summed E-state index contributed by atoms with van der Waals surface area (Å²) >= 11 is -0.826. The van der Waals surface area contributed by atoms with E-state index in [2.05, 4.69) is 0 Å². The molecule has 5 heteroatoms. The zero-order chi connectivity index (χ0) is 14.5. The average Bonchev–Trinajstić information content (AvgIpc) is 3.04. The Morgan fingerprint density at radius 3 is 2.65 bits per heavy atom. The van der Waals surface area contributed by atoms with Crippen molar-refractivity contribution in [3.63, 3.8) is 0 Å². The van der Waals surface area contributed by atoms with E-state index in [1.165, 1.54) is 25.7 Å². The van der Waals surface area contributed by atoms with Gasteiger partial charge in [0, 0.05) is 11.8 Å². The van der Waals surface area contributed by atoms with E-state index in [1.54, 1.807) is 0 Å². The Labute approximate surface area is 139 Å². The predicted octanol–water partition coefficient (Wildman–Crippen LogP) is 4.68. The number of aromatic hydroxyl groups is 1. The molecule has 1 aromatic carbocycles. The fraction of sp³-hybridized carbons (Fsp3) is 0.533. The van der Waals surface area contributed by atoms with Gasteiger partial charge in [-0.25, -0.2) is 0 Å². The van der Waals surface area contributed by atoms with Crippen LogP contribution in [0.2, 0.25) is 0 Å². The van der Waals surface area contributed by atoms with Gasteiger partial charge >= 0.3 is 37.9 Å². The molecule has 0 aliphatic heterocycles. The summed E-state index contributed by atoms with van der Waals surface area (Å²) < 4.78 is 0. The van der Waals surface area contributed by atoms with Crippen LogP contribution in [0.5, 0.6) is 5.75 Å². The van der Waals surface area contributed by atoms with Gasteiger partial charge in [0.1, 0.15) is 5.75 Å². The summed E-state index contributed by atoms with van der Waals surface area (Å²) in [7, 11) is 9.87. The zero-order valence-electron chi connectivity index (χ0n) is 11.5. The van der Waals surface area contributed by atoms with Gasteiger partial charge < -0.3 is 5.11 Å². The fourth-order valence-electron chi connectivity index (χ4n) is 3.36. The van der Waals surface area contributed by atoms with E-state index < -0.39 is 20.8 Å². The quantitative estimate of drug-likeness (QED) is 0.730. The van der Waals surface area contributed by atoms with Crippen molar-refractivity contribution in [3.8, 4) is 5.75 Å². The van der Waals surface area contributed by atoms with E-state index in [0.29, 0.717) is 11.8 Å². The second-order valence-electron chi connectivity index (χ2n) is 5.60. The minimum atomic E-state index is -0.826. The molecule has 0 spiro atoms. The molecular formula is C15H19Cl2NOZr. The van der Waals surface area contributed by atoms with Crippen LogP contribution in [0.3, 0.4) is 0 Å². The second kappa shape index (κ2) is 7.96. The number of fused-ring (bicyclic) bond motifs is 2. The monoisotopic (exact) mass is 389 g/mol. The summed E-state index contributed by atoms with van der Waals surface area (Å²) in [6.45, 7) is 1.92. The van der Waals surface area contributed by atoms with Crippen LogP contribution in [-0.2, 0) is 20.8 Å². The summed E-state index contributed by atoms with van der Waals surface area (Å²) in [5.74, 6) is 2.11. The van der Waals surface area contributed by atoms with Crippen LogP contribution in [0, 0.1) is 18.8 Å². The van der Waals surface area contributed by atoms with Crippen LogP contribution in [0.4, 0.5) is 0 Å². The van der Waals surface area contributed by atoms with Gasteiger partial charge in [-0.2, -0.15) is 0 Å². The average molecular weight is 391 g/mol. The third-order valence-corrected chi connectivity index (χ3v) is 4.37. The number of aryl methyl sites for hydroxylation is 1. The van der Waals surface area contributed by atoms with Crippen molar-refractivity contribution in [2.75, 3.05) is 0 Å². The molecule has 2 nitrogen and oxygen atoms in total. The number of nitrogens with zero attached hydrogens (tertiary/aromatic N) is 1. The number of phenolic OH excluding ortho intramolecular Hbond substituents is 1. The van der Waals surface area contributed by atoms with E-state index in [-0.39, 0.29) is 0 Å². The third-order valence-electron chi connectivity index (χ3n) is 4.37. The summed E-state index contributed by atoms with van der Waals surface area (Å²) in [6.07, 6.45) is 7.27. The van der Waals surface area contributed by atoms with Gasteiger partial charge in [0.2, 0.25) is 0 Å². The summed E-state index contributed by atoms with van der Waals surface area (Å²) in [5.41, 5.74) is 1.77. The Morgan fingerprint density at radius 2 is 2.05 bits per heavy atom. The van der Waals surface area contributed by atoms with Gasteiger partial charge in [-0.3, -0.25) is 4.99 Å². The van der Waals surface area contributed by atoms with Crippen LogP contribution in [0.15, 0.2) is 23.2 Å². The van der Waals surface area contributed by atoms with Crippen LogP contribution in [0.25, 0.3) is 0 Å². The van der Waals surface area contributed by atoms with Gasteiger partial charge in [-0.15, -0.1) is 0 Å². The number of aliphatic imine (C=N–C) groups is 1. The first-order chi connectivity index (χ1) is 9.65. The van der Waals surface area contributed by atoms with Crippen LogP contribution >= 0.6 is 17.0 Å². The zero-order valence-corrected chi connectivity index (χ0v) is 15.5. The number of hydrogen-bond acceptors (Lipinski definition) is 2. The van der Waals surface area contributed by atoms with Crippen molar-refractivity contribution in [2.45, 2.75) is 38.6 Å². The molecule has 2 saturated carbocycles. The Bertz CT molecular complexity index is 481. The normalized spacial score (nSPS) is 27.4. The second-order valence-corrected chi connectivity index (χ2v) is 9.34. The van der Waals surface area contributed by atoms with Crippen molar-refractivity contribution in [1.29, 1.82) is 0 Å². The van der Waals surface area contributed by atoms with Crippen LogP contribution < -0.4 is 0 Å². The number of halogens is 2. The first-order valence-corrected chi connectivity index (χ1v) is 13.3. The molecule has 20 heavy (non-hydrogen) atoms. The number of rotatable bonds is 2. The molecule has 108 valence electrons. The number of phenols is 1. The van der Waals surface area contributed by atoms with Crippen molar-refractivity contribution >= 4 is 23.2 Å². The maximum absolute atomic E-state index is 9.91. The number of hydrogen-bond donors (Lipinski definition) is 1. The minimum absolute atomic E-state index is 0.374. The van der Waals surface area contributed by atoms with E-state index in [0.717, 1.165) is 23.0 Å². The molecule has 0 heterocycles. The number of para-hydroxylation sites is 1. The molecule has 3 unspecified atom stereocenters. The van der Waals surface area contributed by atoms with Crippen LogP contribution in [0.1, 0.15) is 36.8 Å². The summed E-state index contributed by atoms with van der Waals surface area (Å²) in [4.78, 5) is 4.69. The number of benzene rings is 1. The molecule has 2 bridgehead atoms. The molecule has 2 fully saturated rings. The van der Waals surface area contributed by atoms with Crippen molar-refractivity contribution in [1.82, 2.24) is 0 Å². The van der Waals surface area contributed by atoms with E-state index in [4.69, 9.17) is 22.0 Å². The van der Waals surface area contributed by atoms with Gasteiger partial charge in [0.25, 0.3) is 0 Å². The molecule has 2 aliphatic carbocycles. The summed E-state index contributed by atoms with van der Waals surface area (Å²) in [6, 6.07) is 6.33. The fourth-order valence-corrected chi connectivity index (χ4v) is 3.36. The molecule has 1 aromatic rings. The Kier molecular flexibility index (Phi) is 6.58. The summed E-state index contributed by atoms with van der Waals surface area (Å²) in [5, 5.41) is 9.91. The van der Waals surface area contributed by atoms with Gasteiger partial charge in [0.15, 0.2) is 0 Å². The Hall–Kier alpha value is 0.153. The first kappa shape index (κ1) is 16.5. The van der Waals surface area contributed by atoms with Crippen LogP contribution in [-0.4, -0.2) is 17.4 Å². The Balaban J connectivity index is 0.000000452. The molecule has 3 rings (SSSR count). The predicted molar refractivity (Wildman–Crippen MR) is 81.4 cm³/mol. The maximum atomic E-state index is 9.91. The first-order valence-electron chi connectivity index (χ1n) is 6.93. The molecular weight excluding hydrogens is 372 g/mol. The molecule has 0 amide bonds. The van der Waals surface area contributed by atoms with E-state index >= 15 is 0 Å². The van der Waals surface area contributed by atoms with Gasteiger partial charge in [0.05, 0.1) is 6.04 Å². The molecule has 0 saturated heterocycles. The van der Waals surface area contributed by atoms with Crippen molar-refractivity contribution in [2.24, 2.45) is 16.8 Å². The third kappa shape index (κ3) is 4.09.